The van der Waals surface area contributed by atoms with Crippen LogP contribution in [-0.4, -0.2) is 17.5 Å². The summed E-state index contributed by atoms with van der Waals surface area (Å²) in [4.78, 5) is 12.3. The molecule has 1 N–H and O–H groups in total. The molecule has 3 rings (SSSR count). The Morgan fingerprint density at radius 3 is 2.59 bits per heavy atom. The van der Waals surface area contributed by atoms with Crippen molar-refractivity contribution in [2.75, 3.05) is 6.61 Å². The van der Waals surface area contributed by atoms with Crippen LogP contribution in [0.25, 0.3) is 6.08 Å². The molecule has 0 saturated heterocycles. The summed E-state index contributed by atoms with van der Waals surface area (Å²) in [7, 11) is 0. The van der Waals surface area contributed by atoms with Crippen LogP contribution in [0.3, 0.4) is 0 Å². The lowest BCUT2D eigenvalue weighted by Gasteiger charge is -2.04. The summed E-state index contributed by atoms with van der Waals surface area (Å²) >= 11 is 0. The highest BCUT2D eigenvalue weighted by Crippen LogP contribution is 2.38. The van der Waals surface area contributed by atoms with E-state index in [1.807, 2.05) is 31.2 Å². The van der Waals surface area contributed by atoms with Crippen LogP contribution in [0, 0.1) is 6.92 Å². The molecular weight excluding hydrogens is 280 g/mol. The number of ketones is 1. The van der Waals surface area contributed by atoms with Crippen LogP contribution in [-0.2, 0) is 0 Å². The highest BCUT2D eigenvalue weighted by atomic mass is 16.5. The van der Waals surface area contributed by atoms with E-state index in [4.69, 9.17) is 9.47 Å². The molecule has 0 aromatic heterocycles. The monoisotopic (exact) mass is 296 g/mol. The number of hydrogen-bond donors (Lipinski definition) is 1. The van der Waals surface area contributed by atoms with E-state index in [0.29, 0.717) is 23.5 Å². The van der Waals surface area contributed by atoms with Gasteiger partial charge >= 0.3 is 0 Å². The van der Waals surface area contributed by atoms with Gasteiger partial charge in [-0.2, -0.15) is 0 Å². The molecule has 0 unspecified atom stereocenters. The molecule has 4 heteroatoms. The molecule has 0 fully saturated rings. The number of aromatic hydroxyl groups is 1. The second-order valence-corrected chi connectivity index (χ2v) is 5.03. The fourth-order valence-corrected chi connectivity index (χ4v) is 2.35. The molecule has 1 aliphatic rings. The smallest absolute Gasteiger partial charge is 0.231 e. The van der Waals surface area contributed by atoms with Crippen molar-refractivity contribution in [3.63, 3.8) is 0 Å². The number of allylic oxidation sites excluding steroid dienone is 1. The zero-order valence-corrected chi connectivity index (χ0v) is 12.4. The van der Waals surface area contributed by atoms with Crippen molar-refractivity contribution in [1.82, 2.24) is 0 Å². The Morgan fingerprint density at radius 2 is 1.91 bits per heavy atom. The number of Topliss-reactive ketones (excluding diaryl/α,β-unsaturated/α-hetero) is 1. The molecule has 2 aromatic carbocycles. The van der Waals surface area contributed by atoms with E-state index < -0.39 is 0 Å². The SMILES string of the molecule is CCOc1ccc(/C=C2\Oc3c(ccc(O)c3C)C2=O)cc1. The number of fused-ring (bicyclic) bond motifs is 1. The molecule has 0 amide bonds. The average Bonchev–Trinajstić information content (AvgIpc) is 2.83. The Bertz CT molecular complexity index is 757. The largest absolute Gasteiger partial charge is 0.508 e. The van der Waals surface area contributed by atoms with Gasteiger partial charge < -0.3 is 14.6 Å². The molecule has 1 heterocycles. The second kappa shape index (κ2) is 5.56. The van der Waals surface area contributed by atoms with Gasteiger partial charge in [-0.1, -0.05) is 12.1 Å². The molecule has 0 radical (unpaired) electrons. The first-order valence-corrected chi connectivity index (χ1v) is 7.10. The Labute approximate surface area is 128 Å². The molecule has 0 atom stereocenters. The number of ether oxygens (including phenoxy) is 2. The molecule has 22 heavy (non-hydrogen) atoms. The summed E-state index contributed by atoms with van der Waals surface area (Å²) in [5.41, 5.74) is 1.90. The van der Waals surface area contributed by atoms with Crippen LogP contribution >= 0.6 is 0 Å². The van der Waals surface area contributed by atoms with E-state index in [9.17, 15) is 9.90 Å². The highest BCUT2D eigenvalue weighted by Gasteiger charge is 2.29. The lowest BCUT2D eigenvalue weighted by molar-refractivity contribution is 0.101. The average molecular weight is 296 g/mol. The zero-order valence-electron chi connectivity index (χ0n) is 12.4. The number of hydrogen-bond acceptors (Lipinski definition) is 4. The first-order valence-electron chi connectivity index (χ1n) is 7.10. The summed E-state index contributed by atoms with van der Waals surface area (Å²) in [6.07, 6.45) is 1.69. The van der Waals surface area contributed by atoms with E-state index in [2.05, 4.69) is 0 Å². The summed E-state index contributed by atoms with van der Waals surface area (Å²) in [6, 6.07) is 10.5. The third-order valence-electron chi connectivity index (χ3n) is 3.55. The Morgan fingerprint density at radius 1 is 1.18 bits per heavy atom. The fraction of sp³-hybridized carbons (Fsp3) is 0.167. The van der Waals surface area contributed by atoms with E-state index >= 15 is 0 Å². The van der Waals surface area contributed by atoms with Crippen molar-refractivity contribution in [1.29, 1.82) is 0 Å². The van der Waals surface area contributed by atoms with Gasteiger partial charge in [-0.3, -0.25) is 4.79 Å². The first-order chi connectivity index (χ1) is 10.6. The van der Waals surface area contributed by atoms with Crippen molar-refractivity contribution in [3.05, 3.63) is 58.8 Å². The maximum atomic E-state index is 12.3. The van der Waals surface area contributed by atoms with Gasteiger partial charge in [-0.25, -0.2) is 0 Å². The maximum Gasteiger partial charge on any atom is 0.231 e. The Hall–Kier alpha value is -2.75. The number of benzene rings is 2. The minimum atomic E-state index is -0.174. The van der Waals surface area contributed by atoms with Gasteiger partial charge in [0.1, 0.15) is 17.2 Å². The van der Waals surface area contributed by atoms with Crippen LogP contribution in [0.15, 0.2) is 42.2 Å². The maximum absolute atomic E-state index is 12.3. The Kier molecular flexibility index (Phi) is 3.59. The van der Waals surface area contributed by atoms with Crippen LogP contribution in [0.4, 0.5) is 0 Å². The van der Waals surface area contributed by atoms with E-state index in [1.165, 1.54) is 6.07 Å². The minimum absolute atomic E-state index is 0.119. The van der Waals surface area contributed by atoms with Gasteiger partial charge in [0.25, 0.3) is 0 Å². The standard InChI is InChI=1S/C18H16O4/c1-3-21-13-6-4-12(5-7-13)10-16-17(20)14-8-9-15(19)11(2)18(14)22-16/h4-10,19H,3H2,1-2H3/b16-10-. The Balaban J connectivity index is 1.91. The summed E-state index contributed by atoms with van der Waals surface area (Å²) in [5.74, 6) is 1.42. The van der Waals surface area contributed by atoms with Crippen molar-refractivity contribution in [2.24, 2.45) is 0 Å². The number of phenolic OH excluding ortho intramolecular Hbond substituents is 1. The summed E-state index contributed by atoms with van der Waals surface area (Å²) in [6.45, 7) is 4.26. The zero-order chi connectivity index (χ0) is 15.7. The molecule has 0 saturated carbocycles. The number of carbonyl (C=O) groups excluding carboxylic acids is 1. The first kappa shape index (κ1) is 14.2. The molecule has 1 aliphatic heterocycles. The minimum Gasteiger partial charge on any atom is -0.508 e. The second-order valence-electron chi connectivity index (χ2n) is 5.03. The van der Waals surface area contributed by atoms with Crippen molar-refractivity contribution >= 4 is 11.9 Å². The van der Waals surface area contributed by atoms with Crippen molar-refractivity contribution < 1.29 is 19.4 Å². The van der Waals surface area contributed by atoms with Crippen molar-refractivity contribution in [3.8, 4) is 17.2 Å². The van der Waals surface area contributed by atoms with Crippen LogP contribution in [0.1, 0.15) is 28.4 Å². The highest BCUT2D eigenvalue weighted by molar-refractivity contribution is 6.14. The van der Waals surface area contributed by atoms with Crippen LogP contribution < -0.4 is 9.47 Å². The van der Waals surface area contributed by atoms with Gasteiger partial charge in [0.15, 0.2) is 5.76 Å². The molecule has 4 nitrogen and oxygen atoms in total. The lowest BCUT2D eigenvalue weighted by atomic mass is 10.1. The topological polar surface area (TPSA) is 55.8 Å². The number of phenols is 1. The number of carbonyl (C=O) groups is 1. The third kappa shape index (κ3) is 2.44. The molecule has 112 valence electrons. The molecular formula is C18H16O4. The van der Waals surface area contributed by atoms with E-state index in [1.54, 1.807) is 19.1 Å². The van der Waals surface area contributed by atoms with Crippen LogP contribution in [0.5, 0.6) is 17.2 Å². The van der Waals surface area contributed by atoms with Crippen LogP contribution in [0.2, 0.25) is 0 Å². The summed E-state index contributed by atoms with van der Waals surface area (Å²) in [5, 5.41) is 9.70. The molecule has 2 aromatic rings. The fourth-order valence-electron chi connectivity index (χ4n) is 2.35. The van der Waals surface area contributed by atoms with Gasteiger partial charge in [-0.05, 0) is 49.8 Å². The van der Waals surface area contributed by atoms with E-state index in [-0.39, 0.29) is 17.3 Å². The van der Waals surface area contributed by atoms with E-state index in [0.717, 1.165) is 11.3 Å². The lowest BCUT2D eigenvalue weighted by Crippen LogP contribution is -1.98. The van der Waals surface area contributed by atoms with Gasteiger partial charge in [0.2, 0.25) is 5.78 Å². The normalized spacial score (nSPS) is 14.8. The molecule has 0 bridgehead atoms. The quantitative estimate of drug-likeness (QED) is 0.877. The van der Waals surface area contributed by atoms with Gasteiger partial charge in [0.05, 0.1) is 12.2 Å². The summed E-state index contributed by atoms with van der Waals surface area (Å²) < 4.78 is 11.0. The number of rotatable bonds is 3. The molecule has 0 spiro atoms. The van der Waals surface area contributed by atoms with Crippen molar-refractivity contribution in [2.45, 2.75) is 13.8 Å². The molecule has 0 aliphatic carbocycles. The van der Waals surface area contributed by atoms with Gasteiger partial charge in [0, 0.05) is 5.56 Å². The predicted octanol–water partition coefficient (Wildman–Crippen LogP) is 3.72. The predicted molar refractivity (Wildman–Crippen MR) is 83.4 cm³/mol. The third-order valence-corrected chi connectivity index (χ3v) is 3.55. The van der Waals surface area contributed by atoms with Gasteiger partial charge in [-0.15, -0.1) is 0 Å².